The van der Waals surface area contributed by atoms with Crippen molar-refractivity contribution in [2.24, 2.45) is 0 Å². The van der Waals surface area contributed by atoms with Gasteiger partial charge in [0.05, 0.1) is 12.0 Å². The molecule has 0 aliphatic carbocycles. The third-order valence-electron chi connectivity index (χ3n) is 2.61. The normalized spacial score (nSPS) is 13.4. The number of methoxy groups -OCH3 is 1. The van der Waals surface area contributed by atoms with Gasteiger partial charge in [-0.2, -0.15) is 26.3 Å². The molecule has 1 rings (SSSR count). The summed E-state index contributed by atoms with van der Waals surface area (Å²) in [6.45, 7) is 0. The van der Waals surface area contributed by atoms with Gasteiger partial charge in [-0.05, 0) is 12.3 Å². The Labute approximate surface area is 114 Å². The summed E-state index contributed by atoms with van der Waals surface area (Å²) < 4.78 is 81.6. The van der Waals surface area contributed by atoms with Crippen LogP contribution in [-0.2, 0) is 5.60 Å². The highest BCUT2D eigenvalue weighted by Gasteiger charge is 2.72. The van der Waals surface area contributed by atoms with Crippen molar-refractivity contribution in [3.05, 3.63) is 23.8 Å². The van der Waals surface area contributed by atoms with Gasteiger partial charge in [-0.25, -0.2) is 0 Å². The number of hydrogen-bond acceptors (Lipinski definition) is 3. The Bertz CT molecular complexity index is 469. The molecule has 20 heavy (non-hydrogen) atoms. The molecule has 0 amide bonds. The van der Waals surface area contributed by atoms with Crippen LogP contribution in [0, 0.1) is 0 Å². The van der Waals surface area contributed by atoms with E-state index in [9.17, 15) is 31.4 Å². The number of aliphatic hydroxyl groups is 1. The Morgan fingerprint density at radius 2 is 1.55 bits per heavy atom. The minimum atomic E-state index is -5.91. The molecule has 0 aromatic heterocycles. The summed E-state index contributed by atoms with van der Waals surface area (Å²) in [5.74, 6) is -0.179. The van der Waals surface area contributed by atoms with E-state index >= 15 is 0 Å². The highest BCUT2D eigenvalue weighted by molar-refractivity contribution is 7.98. The number of benzene rings is 1. The number of ether oxygens (including phenoxy) is 1. The molecule has 0 unspecified atom stereocenters. The lowest BCUT2D eigenvalue weighted by Crippen LogP contribution is -2.54. The molecule has 0 atom stereocenters. The highest BCUT2D eigenvalue weighted by Crippen LogP contribution is 2.53. The molecule has 1 aromatic rings. The maximum Gasteiger partial charge on any atom is 0.430 e. The van der Waals surface area contributed by atoms with Crippen molar-refractivity contribution in [1.82, 2.24) is 0 Å². The van der Waals surface area contributed by atoms with E-state index in [0.29, 0.717) is 17.8 Å². The first kappa shape index (κ1) is 17.0. The molecule has 0 aliphatic heterocycles. The van der Waals surface area contributed by atoms with Gasteiger partial charge in [-0.15, -0.1) is 11.8 Å². The van der Waals surface area contributed by atoms with E-state index in [1.165, 1.54) is 12.3 Å². The van der Waals surface area contributed by atoms with Crippen molar-refractivity contribution in [3.63, 3.8) is 0 Å². The lowest BCUT2D eigenvalue weighted by molar-refractivity contribution is -0.377. The Morgan fingerprint density at radius 1 is 1.05 bits per heavy atom. The molecule has 0 bridgehead atoms. The zero-order chi connectivity index (χ0) is 15.8. The summed E-state index contributed by atoms with van der Waals surface area (Å²) in [5.41, 5.74) is -6.25. The van der Waals surface area contributed by atoms with Crippen LogP contribution in [0.5, 0.6) is 5.75 Å². The molecule has 0 fully saturated rings. The third-order valence-corrected chi connectivity index (χ3v) is 3.44. The third kappa shape index (κ3) is 2.56. The van der Waals surface area contributed by atoms with Crippen LogP contribution in [0.25, 0.3) is 0 Å². The molecule has 0 aliphatic rings. The zero-order valence-electron chi connectivity index (χ0n) is 10.3. The van der Waals surface area contributed by atoms with Gasteiger partial charge in [0.15, 0.2) is 0 Å². The van der Waals surface area contributed by atoms with Crippen molar-refractivity contribution >= 4 is 11.8 Å². The fraction of sp³-hybridized carbons (Fsp3) is 0.455. The number of hydrogen-bond donors (Lipinski definition) is 1. The summed E-state index contributed by atoms with van der Waals surface area (Å²) >= 11 is 0.621. The van der Waals surface area contributed by atoms with Crippen molar-refractivity contribution in [2.75, 3.05) is 13.4 Å². The molecule has 0 heterocycles. The van der Waals surface area contributed by atoms with Crippen LogP contribution in [-0.4, -0.2) is 30.8 Å². The molecule has 1 aromatic carbocycles. The second-order valence-electron chi connectivity index (χ2n) is 3.75. The van der Waals surface area contributed by atoms with E-state index in [1.807, 2.05) is 0 Å². The van der Waals surface area contributed by atoms with Gasteiger partial charge < -0.3 is 9.84 Å². The SMILES string of the molecule is COc1cccc(C(O)(C(F)(F)F)C(F)(F)F)c1SC. The van der Waals surface area contributed by atoms with Gasteiger partial charge in [-0.3, -0.25) is 0 Å². The minimum absolute atomic E-state index is 0.179. The zero-order valence-corrected chi connectivity index (χ0v) is 11.1. The average molecular weight is 320 g/mol. The van der Waals surface area contributed by atoms with Crippen molar-refractivity contribution in [3.8, 4) is 5.75 Å². The monoisotopic (exact) mass is 320 g/mol. The van der Waals surface area contributed by atoms with Crippen LogP contribution in [0.15, 0.2) is 23.1 Å². The van der Waals surface area contributed by atoms with Crippen molar-refractivity contribution < 1.29 is 36.2 Å². The van der Waals surface area contributed by atoms with Gasteiger partial charge >= 0.3 is 12.4 Å². The Morgan fingerprint density at radius 3 is 1.90 bits per heavy atom. The van der Waals surface area contributed by atoms with E-state index in [1.54, 1.807) is 0 Å². The quantitative estimate of drug-likeness (QED) is 0.680. The summed E-state index contributed by atoms with van der Waals surface area (Å²) in [6.07, 6.45) is -10.5. The average Bonchev–Trinajstić information content (AvgIpc) is 2.33. The van der Waals surface area contributed by atoms with Crippen LogP contribution < -0.4 is 4.74 Å². The summed E-state index contributed by atoms with van der Waals surface area (Å²) in [4.78, 5) is -0.424. The summed E-state index contributed by atoms with van der Waals surface area (Å²) in [6, 6.07) is 2.74. The van der Waals surface area contributed by atoms with Crippen LogP contribution >= 0.6 is 11.8 Å². The Balaban J connectivity index is 3.68. The summed E-state index contributed by atoms with van der Waals surface area (Å²) in [5, 5.41) is 9.37. The van der Waals surface area contributed by atoms with Gasteiger partial charge in [0.1, 0.15) is 5.75 Å². The van der Waals surface area contributed by atoms with E-state index in [2.05, 4.69) is 0 Å². The molecule has 0 radical (unpaired) electrons. The standard InChI is InChI=1S/C11H10F6O2S/c1-19-7-5-3-4-6(8(7)20-2)9(18,10(12,13)14)11(15,16)17/h3-5,18H,1-2H3. The first-order valence-electron chi connectivity index (χ1n) is 5.08. The molecule has 114 valence electrons. The van der Waals surface area contributed by atoms with E-state index in [-0.39, 0.29) is 5.75 Å². The number of rotatable bonds is 3. The molecule has 1 N–H and O–H groups in total. The first-order valence-corrected chi connectivity index (χ1v) is 6.30. The fourth-order valence-corrected chi connectivity index (χ4v) is 2.43. The van der Waals surface area contributed by atoms with Crippen molar-refractivity contribution in [1.29, 1.82) is 0 Å². The lowest BCUT2D eigenvalue weighted by atomic mass is 9.92. The molecule has 9 heteroatoms. The first-order chi connectivity index (χ1) is 9.00. The predicted molar refractivity (Wildman–Crippen MR) is 60.8 cm³/mol. The highest BCUT2D eigenvalue weighted by atomic mass is 32.2. The largest absolute Gasteiger partial charge is 0.496 e. The van der Waals surface area contributed by atoms with Gasteiger partial charge in [-0.1, -0.05) is 12.1 Å². The molecular formula is C11H10F6O2S. The van der Waals surface area contributed by atoms with Crippen LogP contribution in [0.4, 0.5) is 26.3 Å². The van der Waals surface area contributed by atoms with E-state index in [0.717, 1.165) is 13.2 Å². The van der Waals surface area contributed by atoms with Gasteiger partial charge in [0.2, 0.25) is 0 Å². The number of alkyl halides is 6. The molecular weight excluding hydrogens is 310 g/mol. The smallest absolute Gasteiger partial charge is 0.430 e. The lowest BCUT2D eigenvalue weighted by Gasteiger charge is -2.34. The van der Waals surface area contributed by atoms with Gasteiger partial charge in [0.25, 0.3) is 5.60 Å². The fourth-order valence-electron chi connectivity index (χ4n) is 1.64. The van der Waals surface area contributed by atoms with E-state index < -0.39 is 28.4 Å². The number of thioether (sulfide) groups is 1. The molecule has 2 nitrogen and oxygen atoms in total. The van der Waals surface area contributed by atoms with Crippen LogP contribution in [0.2, 0.25) is 0 Å². The molecule has 0 saturated carbocycles. The molecule has 0 spiro atoms. The maximum atomic E-state index is 12.8. The van der Waals surface area contributed by atoms with Crippen molar-refractivity contribution in [2.45, 2.75) is 22.8 Å². The maximum absolute atomic E-state index is 12.8. The minimum Gasteiger partial charge on any atom is -0.496 e. The number of halogens is 6. The topological polar surface area (TPSA) is 29.5 Å². The summed E-state index contributed by atoms with van der Waals surface area (Å²) in [7, 11) is 1.11. The van der Waals surface area contributed by atoms with Gasteiger partial charge in [0, 0.05) is 5.56 Å². The Hall–Kier alpha value is -1.09. The second-order valence-corrected chi connectivity index (χ2v) is 4.56. The van der Waals surface area contributed by atoms with Crippen LogP contribution in [0.3, 0.4) is 0 Å². The van der Waals surface area contributed by atoms with E-state index in [4.69, 9.17) is 4.74 Å². The molecule has 0 saturated heterocycles. The van der Waals surface area contributed by atoms with Crippen LogP contribution in [0.1, 0.15) is 5.56 Å². The second kappa shape index (κ2) is 5.36. The predicted octanol–water partition coefficient (Wildman–Crippen LogP) is 3.73. The Kier molecular flexibility index (Phi) is 4.55.